The molecule has 2 atom stereocenters. The standard InChI is InChI=1S/C13H28N2O/c1-10(2)8-12(4)15(5)13(16)7-6-11(3)9-14/h10-12H,6-9,14H2,1-5H3. The van der Waals surface area contributed by atoms with Crippen LogP contribution in [0.25, 0.3) is 0 Å². The molecule has 0 aromatic carbocycles. The lowest BCUT2D eigenvalue weighted by atomic mass is 10.0. The van der Waals surface area contributed by atoms with E-state index in [1.54, 1.807) is 0 Å². The van der Waals surface area contributed by atoms with Gasteiger partial charge in [-0.05, 0) is 38.1 Å². The predicted octanol–water partition coefficient (Wildman–Crippen LogP) is 2.25. The first-order valence-electron chi connectivity index (χ1n) is 6.34. The summed E-state index contributed by atoms with van der Waals surface area (Å²) in [4.78, 5) is 13.7. The Labute approximate surface area is 100 Å². The van der Waals surface area contributed by atoms with E-state index >= 15 is 0 Å². The number of hydrogen-bond donors (Lipinski definition) is 1. The van der Waals surface area contributed by atoms with Crippen LogP contribution < -0.4 is 5.73 Å². The molecule has 3 heteroatoms. The van der Waals surface area contributed by atoms with E-state index in [4.69, 9.17) is 5.73 Å². The van der Waals surface area contributed by atoms with Crippen LogP contribution in [0.2, 0.25) is 0 Å². The van der Waals surface area contributed by atoms with Crippen LogP contribution >= 0.6 is 0 Å². The van der Waals surface area contributed by atoms with Gasteiger partial charge in [0, 0.05) is 19.5 Å². The Morgan fingerprint density at radius 2 is 1.81 bits per heavy atom. The van der Waals surface area contributed by atoms with E-state index in [0.717, 1.165) is 12.8 Å². The molecule has 0 heterocycles. The molecule has 0 bridgehead atoms. The Morgan fingerprint density at radius 3 is 2.25 bits per heavy atom. The van der Waals surface area contributed by atoms with Crippen LogP contribution in [0.15, 0.2) is 0 Å². The van der Waals surface area contributed by atoms with E-state index < -0.39 is 0 Å². The van der Waals surface area contributed by atoms with Gasteiger partial charge in [-0.1, -0.05) is 20.8 Å². The van der Waals surface area contributed by atoms with Crippen LogP contribution in [0.4, 0.5) is 0 Å². The van der Waals surface area contributed by atoms with Gasteiger partial charge in [-0.2, -0.15) is 0 Å². The lowest BCUT2D eigenvalue weighted by molar-refractivity contribution is -0.132. The van der Waals surface area contributed by atoms with E-state index in [1.165, 1.54) is 0 Å². The summed E-state index contributed by atoms with van der Waals surface area (Å²) in [6, 6.07) is 0.334. The van der Waals surface area contributed by atoms with Crippen LogP contribution in [0, 0.1) is 11.8 Å². The number of rotatable bonds is 7. The van der Waals surface area contributed by atoms with Crippen molar-refractivity contribution in [1.82, 2.24) is 4.90 Å². The summed E-state index contributed by atoms with van der Waals surface area (Å²) in [5.74, 6) is 1.32. The highest BCUT2D eigenvalue weighted by Gasteiger charge is 2.16. The molecule has 96 valence electrons. The highest BCUT2D eigenvalue weighted by molar-refractivity contribution is 5.76. The molecule has 0 saturated heterocycles. The smallest absolute Gasteiger partial charge is 0.222 e. The Morgan fingerprint density at radius 1 is 1.25 bits per heavy atom. The molecular weight excluding hydrogens is 200 g/mol. The third-order valence-electron chi connectivity index (χ3n) is 3.12. The van der Waals surface area contributed by atoms with Gasteiger partial charge in [-0.3, -0.25) is 4.79 Å². The van der Waals surface area contributed by atoms with Gasteiger partial charge < -0.3 is 10.6 Å². The van der Waals surface area contributed by atoms with Gasteiger partial charge in [-0.15, -0.1) is 0 Å². The minimum atomic E-state index is 0.244. The van der Waals surface area contributed by atoms with Crippen molar-refractivity contribution in [3.63, 3.8) is 0 Å². The van der Waals surface area contributed by atoms with Crippen molar-refractivity contribution in [3.05, 3.63) is 0 Å². The first-order chi connectivity index (χ1) is 7.38. The van der Waals surface area contributed by atoms with Gasteiger partial charge in [0.2, 0.25) is 5.91 Å². The topological polar surface area (TPSA) is 46.3 Å². The van der Waals surface area contributed by atoms with Gasteiger partial charge in [0.05, 0.1) is 0 Å². The fourth-order valence-electron chi connectivity index (χ4n) is 1.75. The predicted molar refractivity (Wildman–Crippen MR) is 69.1 cm³/mol. The van der Waals surface area contributed by atoms with E-state index in [2.05, 4.69) is 27.7 Å². The van der Waals surface area contributed by atoms with Crippen molar-refractivity contribution in [2.75, 3.05) is 13.6 Å². The van der Waals surface area contributed by atoms with E-state index in [9.17, 15) is 4.79 Å². The van der Waals surface area contributed by atoms with Crippen LogP contribution in [-0.4, -0.2) is 30.4 Å². The zero-order chi connectivity index (χ0) is 12.7. The fraction of sp³-hybridized carbons (Fsp3) is 0.923. The molecule has 0 aliphatic rings. The fourth-order valence-corrected chi connectivity index (χ4v) is 1.75. The zero-order valence-electron chi connectivity index (χ0n) is 11.5. The second-order valence-corrected chi connectivity index (χ2v) is 5.36. The van der Waals surface area contributed by atoms with Gasteiger partial charge in [0.15, 0.2) is 0 Å². The maximum absolute atomic E-state index is 11.9. The third kappa shape index (κ3) is 6.11. The van der Waals surface area contributed by atoms with Crippen molar-refractivity contribution in [2.45, 2.75) is 53.0 Å². The second kappa shape index (κ2) is 7.66. The summed E-state index contributed by atoms with van der Waals surface area (Å²) < 4.78 is 0. The average molecular weight is 228 g/mol. The van der Waals surface area contributed by atoms with Crippen molar-refractivity contribution in [2.24, 2.45) is 17.6 Å². The van der Waals surface area contributed by atoms with Crippen LogP contribution in [0.1, 0.15) is 47.0 Å². The lowest BCUT2D eigenvalue weighted by Gasteiger charge is -2.26. The van der Waals surface area contributed by atoms with E-state index in [-0.39, 0.29) is 5.91 Å². The molecule has 0 rings (SSSR count). The normalized spacial score (nSPS) is 14.9. The van der Waals surface area contributed by atoms with E-state index in [0.29, 0.717) is 30.8 Å². The molecule has 0 fully saturated rings. The van der Waals surface area contributed by atoms with Gasteiger partial charge in [0.1, 0.15) is 0 Å². The van der Waals surface area contributed by atoms with Crippen LogP contribution in [0.3, 0.4) is 0 Å². The summed E-state index contributed by atoms with van der Waals surface area (Å²) in [5, 5.41) is 0. The minimum absolute atomic E-state index is 0.244. The molecular formula is C13H28N2O. The van der Waals surface area contributed by atoms with Crippen LogP contribution in [0.5, 0.6) is 0 Å². The molecule has 3 nitrogen and oxygen atoms in total. The molecule has 0 aromatic heterocycles. The Balaban J connectivity index is 3.97. The molecule has 0 aliphatic heterocycles. The summed E-state index contributed by atoms with van der Waals surface area (Å²) in [6.45, 7) is 9.24. The first kappa shape index (κ1) is 15.4. The number of nitrogens with two attached hydrogens (primary N) is 1. The van der Waals surface area contributed by atoms with E-state index in [1.807, 2.05) is 11.9 Å². The number of hydrogen-bond acceptors (Lipinski definition) is 2. The summed E-state index contributed by atoms with van der Waals surface area (Å²) in [6.07, 6.45) is 2.58. The minimum Gasteiger partial charge on any atom is -0.343 e. The van der Waals surface area contributed by atoms with Gasteiger partial charge >= 0.3 is 0 Å². The second-order valence-electron chi connectivity index (χ2n) is 5.36. The molecule has 0 spiro atoms. The molecule has 0 aromatic rings. The Hall–Kier alpha value is -0.570. The number of carbonyl (C=O) groups excluding carboxylic acids is 1. The largest absolute Gasteiger partial charge is 0.343 e. The first-order valence-corrected chi connectivity index (χ1v) is 6.34. The molecule has 2 N–H and O–H groups in total. The number of amides is 1. The van der Waals surface area contributed by atoms with Crippen LogP contribution in [-0.2, 0) is 4.79 Å². The summed E-state index contributed by atoms with van der Waals surface area (Å²) in [5.41, 5.74) is 5.54. The van der Waals surface area contributed by atoms with Crippen molar-refractivity contribution in [1.29, 1.82) is 0 Å². The maximum Gasteiger partial charge on any atom is 0.222 e. The average Bonchev–Trinajstić information content (AvgIpc) is 2.23. The third-order valence-corrected chi connectivity index (χ3v) is 3.12. The van der Waals surface area contributed by atoms with Crippen molar-refractivity contribution in [3.8, 4) is 0 Å². The molecule has 0 aliphatic carbocycles. The van der Waals surface area contributed by atoms with Crippen molar-refractivity contribution >= 4 is 5.91 Å². The highest BCUT2D eigenvalue weighted by atomic mass is 16.2. The maximum atomic E-state index is 11.9. The number of carbonyl (C=O) groups is 1. The van der Waals surface area contributed by atoms with Gasteiger partial charge in [0.25, 0.3) is 0 Å². The molecule has 16 heavy (non-hydrogen) atoms. The monoisotopic (exact) mass is 228 g/mol. The summed E-state index contributed by atoms with van der Waals surface area (Å²) in [7, 11) is 1.91. The van der Waals surface area contributed by atoms with Gasteiger partial charge in [-0.25, -0.2) is 0 Å². The Bertz CT molecular complexity index is 204. The quantitative estimate of drug-likeness (QED) is 0.726. The zero-order valence-corrected chi connectivity index (χ0v) is 11.5. The lowest BCUT2D eigenvalue weighted by Crippen LogP contribution is -2.36. The SMILES string of the molecule is CC(C)CC(C)N(C)C(=O)CCC(C)CN. The highest BCUT2D eigenvalue weighted by Crippen LogP contribution is 2.12. The molecule has 0 saturated carbocycles. The van der Waals surface area contributed by atoms with Crippen molar-refractivity contribution < 1.29 is 4.79 Å². The molecule has 2 unspecified atom stereocenters. The molecule has 1 amide bonds. The Kier molecular flexibility index (Phi) is 7.39. The molecule has 0 radical (unpaired) electrons. The number of nitrogens with zero attached hydrogens (tertiary/aromatic N) is 1. The summed E-state index contributed by atoms with van der Waals surface area (Å²) >= 11 is 0.